The third-order valence-corrected chi connectivity index (χ3v) is 4.30. The number of ketones is 1. The number of aryl methyl sites for hydroxylation is 3. The quantitative estimate of drug-likeness (QED) is 0.584. The number of carbonyl (C=O) groups excluding carboxylic acids is 2. The molecule has 0 atom stereocenters. The third kappa shape index (κ3) is 2.73. The number of aromatic nitrogens is 2. The van der Waals surface area contributed by atoms with Gasteiger partial charge in [-0.2, -0.15) is 0 Å². The first-order chi connectivity index (χ1) is 11.8. The highest BCUT2D eigenvalue weighted by Gasteiger charge is 2.29. The van der Waals surface area contributed by atoms with Crippen LogP contribution in [0.4, 0.5) is 0 Å². The van der Waals surface area contributed by atoms with Gasteiger partial charge in [0, 0.05) is 25.0 Å². The Morgan fingerprint density at radius 1 is 1.24 bits per heavy atom. The van der Waals surface area contributed by atoms with E-state index in [0.29, 0.717) is 23.4 Å². The molecule has 0 spiro atoms. The van der Waals surface area contributed by atoms with Crippen LogP contribution in [0.25, 0.3) is 22.2 Å². The number of fused-ring (bicyclic) bond motifs is 1. The Labute approximate surface area is 145 Å². The fraction of sp³-hybridized carbons (Fsp3) is 0.316. The first-order valence-corrected chi connectivity index (χ1v) is 8.19. The van der Waals surface area contributed by atoms with Crippen molar-refractivity contribution >= 4 is 22.6 Å². The molecule has 0 aliphatic heterocycles. The standard InChI is InChI=1S/C19H21N3O3/c1-6-13-15(11(3)25-21-13)17-16(18(23)19(24)22(4)5)12-9-10(2)7-8-14(12)20-17/h7-9,20H,6H2,1-5H3. The van der Waals surface area contributed by atoms with Crippen LogP contribution in [0.2, 0.25) is 0 Å². The zero-order chi connectivity index (χ0) is 18.3. The third-order valence-electron chi connectivity index (χ3n) is 4.30. The number of rotatable bonds is 4. The van der Waals surface area contributed by atoms with Crippen molar-refractivity contribution in [2.24, 2.45) is 0 Å². The molecule has 1 N–H and O–H groups in total. The van der Waals surface area contributed by atoms with Crippen molar-refractivity contribution in [2.75, 3.05) is 14.1 Å². The minimum absolute atomic E-state index is 0.374. The first kappa shape index (κ1) is 17.0. The van der Waals surface area contributed by atoms with Crippen LogP contribution in [0.15, 0.2) is 22.7 Å². The van der Waals surface area contributed by atoms with Crippen LogP contribution in [0.3, 0.4) is 0 Å². The van der Waals surface area contributed by atoms with Gasteiger partial charge in [0.05, 0.1) is 22.5 Å². The van der Waals surface area contributed by atoms with Gasteiger partial charge in [-0.1, -0.05) is 23.7 Å². The Kier molecular flexibility index (Phi) is 4.20. The lowest BCUT2D eigenvalue weighted by Crippen LogP contribution is -2.30. The smallest absolute Gasteiger partial charge is 0.294 e. The predicted molar refractivity (Wildman–Crippen MR) is 95.7 cm³/mol. The van der Waals surface area contributed by atoms with E-state index < -0.39 is 11.7 Å². The fourth-order valence-electron chi connectivity index (χ4n) is 3.02. The van der Waals surface area contributed by atoms with Gasteiger partial charge in [0.15, 0.2) is 0 Å². The summed E-state index contributed by atoms with van der Waals surface area (Å²) in [6, 6.07) is 5.80. The molecule has 0 fully saturated rings. The molecule has 3 aromatic rings. The lowest BCUT2D eigenvalue weighted by molar-refractivity contribution is -0.124. The molecular formula is C19H21N3O3. The molecule has 2 heterocycles. The Morgan fingerprint density at radius 2 is 1.96 bits per heavy atom. The number of H-pyrrole nitrogens is 1. The van der Waals surface area contributed by atoms with Crippen LogP contribution in [-0.4, -0.2) is 40.8 Å². The summed E-state index contributed by atoms with van der Waals surface area (Å²) >= 11 is 0. The molecular weight excluding hydrogens is 318 g/mol. The highest BCUT2D eigenvalue weighted by molar-refractivity contribution is 6.46. The van der Waals surface area contributed by atoms with Crippen molar-refractivity contribution in [3.8, 4) is 11.3 Å². The summed E-state index contributed by atoms with van der Waals surface area (Å²) in [5, 5.41) is 4.81. The van der Waals surface area contributed by atoms with E-state index >= 15 is 0 Å². The molecule has 130 valence electrons. The van der Waals surface area contributed by atoms with Gasteiger partial charge in [-0.3, -0.25) is 9.59 Å². The van der Waals surface area contributed by atoms with Crippen molar-refractivity contribution in [3.63, 3.8) is 0 Å². The van der Waals surface area contributed by atoms with E-state index in [4.69, 9.17) is 4.52 Å². The van der Waals surface area contributed by atoms with E-state index in [9.17, 15) is 9.59 Å². The van der Waals surface area contributed by atoms with Gasteiger partial charge in [-0.25, -0.2) is 0 Å². The van der Waals surface area contributed by atoms with Gasteiger partial charge < -0.3 is 14.4 Å². The molecule has 3 rings (SSSR count). The topological polar surface area (TPSA) is 79.2 Å². The summed E-state index contributed by atoms with van der Waals surface area (Å²) in [4.78, 5) is 29.9. The molecule has 1 aromatic carbocycles. The van der Waals surface area contributed by atoms with E-state index in [-0.39, 0.29) is 0 Å². The van der Waals surface area contributed by atoms with Crippen molar-refractivity contribution in [2.45, 2.75) is 27.2 Å². The van der Waals surface area contributed by atoms with Gasteiger partial charge in [-0.15, -0.1) is 0 Å². The molecule has 0 saturated heterocycles. The van der Waals surface area contributed by atoms with Crippen molar-refractivity contribution in [1.29, 1.82) is 0 Å². The Balaban J connectivity index is 2.35. The average Bonchev–Trinajstić information content (AvgIpc) is 3.12. The monoisotopic (exact) mass is 339 g/mol. The number of nitrogens with one attached hydrogen (secondary N) is 1. The number of hydrogen-bond acceptors (Lipinski definition) is 4. The molecule has 2 aromatic heterocycles. The summed E-state index contributed by atoms with van der Waals surface area (Å²) in [6.45, 7) is 5.73. The second-order valence-corrected chi connectivity index (χ2v) is 6.37. The Hall–Kier alpha value is -2.89. The first-order valence-electron chi connectivity index (χ1n) is 8.19. The van der Waals surface area contributed by atoms with Crippen molar-refractivity contribution in [1.82, 2.24) is 15.0 Å². The summed E-state index contributed by atoms with van der Waals surface area (Å²) < 4.78 is 5.33. The number of aromatic amines is 1. The second kappa shape index (κ2) is 6.20. The molecule has 1 amide bonds. The highest BCUT2D eigenvalue weighted by Crippen LogP contribution is 2.35. The lowest BCUT2D eigenvalue weighted by Gasteiger charge is -2.10. The van der Waals surface area contributed by atoms with Crippen LogP contribution in [0, 0.1) is 13.8 Å². The fourth-order valence-corrected chi connectivity index (χ4v) is 3.02. The summed E-state index contributed by atoms with van der Waals surface area (Å²) in [5.74, 6) is -0.484. The van der Waals surface area contributed by atoms with E-state index in [1.807, 2.05) is 32.0 Å². The van der Waals surface area contributed by atoms with Crippen molar-refractivity contribution in [3.05, 3.63) is 40.8 Å². The number of hydrogen-bond donors (Lipinski definition) is 1. The van der Waals surface area contributed by atoms with Crippen LogP contribution < -0.4 is 0 Å². The van der Waals surface area contributed by atoms with Crippen LogP contribution in [-0.2, 0) is 11.2 Å². The second-order valence-electron chi connectivity index (χ2n) is 6.37. The molecule has 25 heavy (non-hydrogen) atoms. The van der Waals surface area contributed by atoms with Crippen LogP contribution in [0.5, 0.6) is 0 Å². The number of amides is 1. The Bertz CT molecular complexity index is 979. The zero-order valence-corrected chi connectivity index (χ0v) is 15.1. The lowest BCUT2D eigenvalue weighted by atomic mass is 9.98. The average molecular weight is 339 g/mol. The molecule has 0 unspecified atom stereocenters. The van der Waals surface area contributed by atoms with Gasteiger partial charge in [-0.05, 0) is 32.4 Å². The molecule has 0 aliphatic carbocycles. The molecule has 0 saturated carbocycles. The summed E-state index contributed by atoms with van der Waals surface area (Å²) in [7, 11) is 3.14. The minimum Gasteiger partial charge on any atom is -0.361 e. The number of nitrogens with zero attached hydrogens (tertiary/aromatic N) is 2. The normalized spacial score (nSPS) is 11.1. The number of likely N-dealkylation sites (N-methyl/N-ethyl adjacent to an activating group) is 1. The van der Waals surface area contributed by atoms with E-state index in [1.54, 1.807) is 21.0 Å². The molecule has 0 radical (unpaired) electrons. The maximum atomic E-state index is 12.9. The number of Topliss-reactive ketones (excluding diaryl/α,β-unsaturated/α-hetero) is 1. The van der Waals surface area contributed by atoms with E-state index in [0.717, 1.165) is 27.7 Å². The summed E-state index contributed by atoms with van der Waals surface area (Å²) in [5.41, 5.74) is 4.30. The molecule has 0 aliphatic rings. The predicted octanol–water partition coefficient (Wildman–Crippen LogP) is 3.27. The number of benzene rings is 1. The number of carbonyl (C=O) groups is 2. The van der Waals surface area contributed by atoms with Crippen molar-refractivity contribution < 1.29 is 14.1 Å². The van der Waals surface area contributed by atoms with Gasteiger partial charge in [0.1, 0.15) is 5.76 Å². The largest absolute Gasteiger partial charge is 0.361 e. The van der Waals surface area contributed by atoms with Gasteiger partial charge in [0.2, 0.25) is 0 Å². The van der Waals surface area contributed by atoms with E-state index in [2.05, 4.69) is 10.1 Å². The maximum absolute atomic E-state index is 12.9. The summed E-state index contributed by atoms with van der Waals surface area (Å²) in [6.07, 6.45) is 0.663. The van der Waals surface area contributed by atoms with E-state index in [1.165, 1.54) is 4.90 Å². The van der Waals surface area contributed by atoms with Gasteiger partial charge >= 0.3 is 0 Å². The molecule has 0 bridgehead atoms. The minimum atomic E-state index is -0.559. The molecule has 6 heteroatoms. The molecule has 6 nitrogen and oxygen atoms in total. The maximum Gasteiger partial charge on any atom is 0.294 e. The highest BCUT2D eigenvalue weighted by atomic mass is 16.5. The van der Waals surface area contributed by atoms with Crippen LogP contribution in [0.1, 0.15) is 34.3 Å². The Morgan fingerprint density at radius 3 is 2.60 bits per heavy atom. The zero-order valence-electron chi connectivity index (χ0n) is 15.1. The van der Waals surface area contributed by atoms with Gasteiger partial charge in [0.25, 0.3) is 11.7 Å². The SMILES string of the molecule is CCc1noc(C)c1-c1[nH]c2ccc(C)cc2c1C(=O)C(=O)N(C)C. The van der Waals surface area contributed by atoms with Crippen LogP contribution >= 0.6 is 0 Å².